The molecular weight excluding hydrogens is 751 g/mol. The van der Waals surface area contributed by atoms with Crippen molar-refractivity contribution < 1.29 is 43.3 Å². The molecule has 1 aliphatic rings. The van der Waals surface area contributed by atoms with Gasteiger partial charge in [0.25, 0.3) is 0 Å². The maximum absolute atomic E-state index is 13.7. The molecule has 5 N–H and O–H groups in total. The minimum absolute atomic E-state index is 0.0228. The molecule has 6 atom stereocenters. The number of rotatable bonds is 13. The Morgan fingerprint density at radius 1 is 1.05 bits per heavy atom. The number of carbonyl (C=O) groups is 5. The molecule has 0 saturated carbocycles. The van der Waals surface area contributed by atoms with Crippen molar-refractivity contribution in [3.05, 3.63) is 76.3 Å². The number of hydrogen-bond acceptors (Lipinski definition) is 10. The van der Waals surface area contributed by atoms with Gasteiger partial charge in [-0.1, -0.05) is 68.8 Å². The van der Waals surface area contributed by atoms with Crippen molar-refractivity contribution in [3.63, 3.8) is 0 Å². The Labute approximate surface area is 333 Å². The van der Waals surface area contributed by atoms with E-state index in [-0.39, 0.29) is 44.2 Å². The lowest BCUT2D eigenvalue weighted by Crippen LogP contribution is -2.51. The fourth-order valence-electron chi connectivity index (χ4n) is 5.75. The fraction of sp³-hybridized carbons (Fsp3) is 0.525. The maximum Gasteiger partial charge on any atom is 0.347 e. The summed E-state index contributed by atoms with van der Waals surface area (Å²) in [6, 6.07) is 11.0. The van der Waals surface area contributed by atoms with Crippen LogP contribution < -0.4 is 26.0 Å². The molecule has 0 radical (unpaired) electrons. The molecule has 3 amide bonds. The zero-order chi connectivity index (χ0) is 40.9. The molecule has 0 unspecified atom stereocenters. The second-order valence-electron chi connectivity index (χ2n) is 14.8. The SMILES string of the molecule is CNCC(=O)NCc1ccc([C@H](Cl)[C@H](O)[C@@H](C)[C@@H]2C/C=C/C(=O)N[C@H](Cc3ccc(OC)c(Cl)c3)C(=O)NCC(C)(C)C(=O)O[C@@H](CC(C)C)C(=O)O2)cc1. The summed E-state index contributed by atoms with van der Waals surface area (Å²) in [4.78, 5) is 65.9. The van der Waals surface area contributed by atoms with Crippen LogP contribution in [0.3, 0.4) is 0 Å². The highest BCUT2D eigenvalue weighted by atomic mass is 35.5. The molecule has 3 rings (SSSR count). The summed E-state index contributed by atoms with van der Waals surface area (Å²) in [5.74, 6) is -3.24. The first-order chi connectivity index (χ1) is 25.9. The summed E-state index contributed by atoms with van der Waals surface area (Å²) >= 11 is 13.1. The third-order valence-corrected chi connectivity index (χ3v) is 10.0. The standard InChI is InChI=1S/C40H54Cl2N4O9/c1-23(2)17-32-38(51)54-30(24(3)36(49)35(42)27-14-11-25(12-15-27)20-44-34(48)21-43-6)9-8-10-33(47)46-29(19-26-13-16-31(53-7)28(41)18-26)37(50)45-22-40(4,5)39(52)55-32/h8,10-16,18,23-24,29-30,32,35-36,43,49H,9,17,19-22H2,1-7H3,(H,44,48)(H,45,50)(H,46,47)/b10-8+/t24-,29+,30-,32-,35-,36+/m0/s1. The molecule has 0 spiro atoms. The Kier molecular flexibility index (Phi) is 17.4. The first-order valence-electron chi connectivity index (χ1n) is 18.3. The van der Waals surface area contributed by atoms with Crippen LogP contribution in [-0.2, 0) is 46.4 Å². The first-order valence-corrected chi connectivity index (χ1v) is 19.1. The molecule has 2 aromatic rings. The number of methoxy groups -OCH3 is 1. The first kappa shape index (κ1) is 45.2. The second kappa shape index (κ2) is 21.2. The van der Waals surface area contributed by atoms with Crippen molar-refractivity contribution in [1.29, 1.82) is 0 Å². The van der Waals surface area contributed by atoms with Gasteiger partial charge in [0.15, 0.2) is 6.10 Å². The highest BCUT2D eigenvalue weighted by molar-refractivity contribution is 6.32. The number of carbonyl (C=O) groups excluding carboxylic acids is 5. The number of esters is 2. The van der Waals surface area contributed by atoms with Crippen LogP contribution in [0.4, 0.5) is 0 Å². The van der Waals surface area contributed by atoms with Gasteiger partial charge in [-0.05, 0) is 68.1 Å². The average Bonchev–Trinajstić information content (AvgIpc) is 3.14. The second-order valence-corrected chi connectivity index (χ2v) is 15.7. The van der Waals surface area contributed by atoms with Crippen molar-refractivity contribution in [1.82, 2.24) is 21.3 Å². The van der Waals surface area contributed by atoms with Crippen LogP contribution in [0.25, 0.3) is 0 Å². The molecule has 0 bridgehead atoms. The Morgan fingerprint density at radius 3 is 2.35 bits per heavy atom. The molecule has 0 aromatic heterocycles. The number of likely N-dealkylation sites (N-methyl/N-ethyl adjacent to an activating group) is 1. The van der Waals surface area contributed by atoms with Gasteiger partial charge >= 0.3 is 11.9 Å². The van der Waals surface area contributed by atoms with E-state index in [0.29, 0.717) is 28.4 Å². The summed E-state index contributed by atoms with van der Waals surface area (Å²) in [6.45, 7) is 8.89. The molecule has 1 aliphatic heterocycles. The van der Waals surface area contributed by atoms with E-state index < -0.39 is 64.8 Å². The minimum Gasteiger partial charge on any atom is -0.495 e. The molecule has 15 heteroatoms. The number of aliphatic hydroxyl groups excluding tert-OH is 1. The van der Waals surface area contributed by atoms with Crippen molar-refractivity contribution in [3.8, 4) is 5.75 Å². The molecule has 0 aliphatic carbocycles. The van der Waals surface area contributed by atoms with Crippen molar-refractivity contribution >= 4 is 52.9 Å². The van der Waals surface area contributed by atoms with Gasteiger partial charge < -0.3 is 40.6 Å². The van der Waals surface area contributed by atoms with E-state index in [2.05, 4.69) is 21.3 Å². The van der Waals surface area contributed by atoms with Gasteiger partial charge in [-0.25, -0.2) is 4.79 Å². The van der Waals surface area contributed by atoms with Crippen molar-refractivity contribution in [2.75, 3.05) is 27.2 Å². The van der Waals surface area contributed by atoms with Gasteiger partial charge in [-0.3, -0.25) is 19.2 Å². The van der Waals surface area contributed by atoms with Gasteiger partial charge in [-0.2, -0.15) is 0 Å². The zero-order valence-electron chi connectivity index (χ0n) is 32.4. The van der Waals surface area contributed by atoms with Gasteiger partial charge in [0.2, 0.25) is 17.7 Å². The average molecular weight is 806 g/mol. The highest BCUT2D eigenvalue weighted by Crippen LogP contribution is 2.33. The van der Waals surface area contributed by atoms with Crippen molar-refractivity contribution in [2.45, 2.75) is 90.2 Å². The van der Waals surface area contributed by atoms with Crippen LogP contribution in [0.1, 0.15) is 69.5 Å². The van der Waals surface area contributed by atoms with Gasteiger partial charge in [0.1, 0.15) is 17.9 Å². The van der Waals surface area contributed by atoms with E-state index in [0.717, 1.165) is 5.56 Å². The number of aliphatic hydroxyl groups is 1. The monoisotopic (exact) mass is 804 g/mol. The number of halogens is 2. The molecule has 1 heterocycles. The van der Waals surface area contributed by atoms with Crippen LogP contribution in [0.2, 0.25) is 5.02 Å². The minimum atomic E-state index is -1.28. The molecule has 13 nitrogen and oxygen atoms in total. The molecule has 2 aromatic carbocycles. The van der Waals surface area contributed by atoms with Crippen molar-refractivity contribution in [2.24, 2.45) is 17.3 Å². The number of nitrogens with one attached hydrogen (secondary N) is 4. The highest BCUT2D eigenvalue weighted by Gasteiger charge is 2.38. The van der Waals surface area contributed by atoms with E-state index in [1.165, 1.54) is 19.3 Å². The third-order valence-electron chi connectivity index (χ3n) is 9.20. The number of alkyl halides is 1. The van der Waals surface area contributed by atoms with E-state index in [1.54, 1.807) is 70.3 Å². The molecular formula is C40H54Cl2N4O9. The smallest absolute Gasteiger partial charge is 0.347 e. The third kappa shape index (κ3) is 13.8. The lowest BCUT2D eigenvalue weighted by Gasteiger charge is -2.32. The molecule has 302 valence electrons. The number of hydrogen-bond donors (Lipinski definition) is 5. The predicted octanol–water partition coefficient (Wildman–Crippen LogP) is 4.16. The largest absolute Gasteiger partial charge is 0.495 e. The Hall–Kier alpha value is -4.17. The summed E-state index contributed by atoms with van der Waals surface area (Å²) in [5, 5.41) is 22.0. The van der Waals surface area contributed by atoms with Crippen LogP contribution in [0, 0.1) is 17.3 Å². The number of benzene rings is 2. The lowest BCUT2D eigenvalue weighted by atomic mass is 9.90. The lowest BCUT2D eigenvalue weighted by molar-refractivity contribution is -0.180. The number of cyclic esters (lactones) is 2. The summed E-state index contributed by atoms with van der Waals surface area (Å²) < 4.78 is 17.0. The molecule has 55 heavy (non-hydrogen) atoms. The van der Waals surface area contributed by atoms with Crippen LogP contribution in [0.5, 0.6) is 5.75 Å². The molecule has 0 fully saturated rings. The van der Waals surface area contributed by atoms with E-state index in [1.807, 2.05) is 13.8 Å². The predicted molar refractivity (Wildman–Crippen MR) is 209 cm³/mol. The van der Waals surface area contributed by atoms with Crippen LogP contribution in [-0.4, -0.2) is 86.4 Å². The quantitative estimate of drug-likeness (QED) is 0.146. The number of ether oxygens (including phenoxy) is 3. The number of amides is 3. The van der Waals surface area contributed by atoms with E-state index >= 15 is 0 Å². The molecule has 0 saturated heterocycles. The topological polar surface area (TPSA) is 181 Å². The Bertz CT molecular complexity index is 1670. The van der Waals surface area contributed by atoms with Gasteiger partial charge in [-0.15, -0.1) is 11.6 Å². The summed E-state index contributed by atoms with van der Waals surface area (Å²) in [5.41, 5.74) is 0.798. The van der Waals surface area contributed by atoms with Gasteiger partial charge in [0, 0.05) is 31.8 Å². The maximum atomic E-state index is 13.7. The Balaban J connectivity index is 1.91. The fourth-order valence-corrected chi connectivity index (χ4v) is 6.40. The van der Waals surface area contributed by atoms with Crippen LogP contribution >= 0.6 is 23.2 Å². The van der Waals surface area contributed by atoms with E-state index in [9.17, 15) is 29.1 Å². The van der Waals surface area contributed by atoms with Crippen LogP contribution in [0.15, 0.2) is 54.6 Å². The van der Waals surface area contributed by atoms with Gasteiger partial charge in [0.05, 0.1) is 35.6 Å². The summed E-state index contributed by atoms with van der Waals surface area (Å²) in [6.07, 6.45) is -0.610. The summed E-state index contributed by atoms with van der Waals surface area (Å²) in [7, 11) is 3.17. The van der Waals surface area contributed by atoms with E-state index in [4.69, 9.17) is 37.4 Å². The zero-order valence-corrected chi connectivity index (χ0v) is 34.0. The Morgan fingerprint density at radius 2 is 1.73 bits per heavy atom. The normalized spacial score (nSPS) is 22.0.